The molecule has 1 aromatic rings. The largest absolute Gasteiger partial charge is 0.339 e. The first-order valence-corrected chi connectivity index (χ1v) is 6.75. The second-order valence-electron chi connectivity index (χ2n) is 5.00. The number of carbonyl (C=O) groups is 1. The van der Waals surface area contributed by atoms with E-state index in [1.54, 1.807) is 0 Å². The third-order valence-electron chi connectivity index (χ3n) is 3.65. The van der Waals surface area contributed by atoms with Gasteiger partial charge in [-0.1, -0.05) is 37.3 Å². The zero-order chi connectivity index (χ0) is 13.0. The number of hydrogen-bond acceptors (Lipinski definition) is 2. The predicted octanol–water partition coefficient (Wildman–Crippen LogP) is 2.30. The average Bonchev–Trinajstić information content (AvgIpc) is 2.40. The van der Waals surface area contributed by atoms with Crippen LogP contribution in [0.2, 0.25) is 0 Å². The van der Waals surface area contributed by atoms with E-state index in [1.807, 2.05) is 11.0 Å². The van der Waals surface area contributed by atoms with Crippen molar-refractivity contribution in [3.05, 3.63) is 35.9 Å². The second-order valence-corrected chi connectivity index (χ2v) is 5.00. The lowest BCUT2D eigenvalue weighted by Gasteiger charge is -2.39. The number of carbonyl (C=O) groups excluding carboxylic acids is 1. The Kier molecular flexibility index (Phi) is 4.37. The van der Waals surface area contributed by atoms with E-state index in [0.717, 1.165) is 26.1 Å². The summed E-state index contributed by atoms with van der Waals surface area (Å²) in [6.45, 7) is 4.69. The summed E-state index contributed by atoms with van der Waals surface area (Å²) in [6, 6.07) is 10.8. The van der Waals surface area contributed by atoms with Gasteiger partial charge in [-0.3, -0.25) is 9.69 Å². The van der Waals surface area contributed by atoms with Crippen molar-refractivity contribution in [2.24, 2.45) is 0 Å². The minimum Gasteiger partial charge on any atom is -0.339 e. The standard InChI is InChI=1S/C15H22N2O/c1-3-7-15(18)17-11-10-16(2)14(12-17)13-8-5-4-6-9-13/h4-6,8-9,14H,3,7,10-12H2,1-2H3. The van der Waals surface area contributed by atoms with Crippen LogP contribution in [0.25, 0.3) is 0 Å². The molecule has 1 fully saturated rings. The Labute approximate surface area is 109 Å². The topological polar surface area (TPSA) is 23.6 Å². The van der Waals surface area contributed by atoms with Gasteiger partial charge in [-0.25, -0.2) is 0 Å². The SMILES string of the molecule is CCCC(=O)N1CCN(C)C(c2ccccc2)C1. The summed E-state index contributed by atoms with van der Waals surface area (Å²) < 4.78 is 0. The predicted molar refractivity (Wildman–Crippen MR) is 73.3 cm³/mol. The summed E-state index contributed by atoms with van der Waals surface area (Å²) >= 11 is 0. The lowest BCUT2D eigenvalue weighted by Crippen LogP contribution is -2.48. The zero-order valence-corrected chi connectivity index (χ0v) is 11.3. The Morgan fingerprint density at radius 2 is 2.00 bits per heavy atom. The monoisotopic (exact) mass is 246 g/mol. The van der Waals surface area contributed by atoms with Gasteiger partial charge in [0.2, 0.25) is 5.91 Å². The zero-order valence-electron chi connectivity index (χ0n) is 11.3. The Balaban J connectivity index is 2.08. The van der Waals surface area contributed by atoms with Crippen LogP contribution in [0.3, 0.4) is 0 Å². The molecular weight excluding hydrogens is 224 g/mol. The van der Waals surface area contributed by atoms with Crippen molar-refractivity contribution in [3.63, 3.8) is 0 Å². The van der Waals surface area contributed by atoms with Crippen molar-refractivity contribution < 1.29 is 4.79 Å². The van der Waals surface area contributed by atoms with Crippen LogP contribution in [-0.4, -0.2) is 42.4 Å². The molecule has 0 N–H and O–H groups in total. The highest BCUT2D eigenvalue weighted by atomic mass is 16.2. The maximum Gasteiger partial charge on any atom is 0.222 e. The van der Waals surface area contributed by atoms with Crippen LogP contribution < -0.4 is 0 Å². The van der Waals surface area contributed by atoms with Gasteiger partial charge in [0.1, 0.15) is 0 Å². The Morgan fingerprint density at radius 3 is 2.67 bits per heavy atom. The number of likely N-dealkylation sites (N-methyl/N-ethyl adjacent to an activating group) is 1. The van der Waals surface area contributed by atoms with Gasteiger partial charge in [-0.2, -0.15) is 0 Å². The van der Waals surface area contributed by atoms with Gasteiger partial charge in [0.05, 0.1) is 6.04 Å². The van der Waals surface area contributed by atoms with Crippen LogP contribution in [0.5, 0.6) is 0 Å². The first-order valence-electron chi connectivity index (χ1n) is 6.75. The van der Waals surface area contributed by atoms with Gasteiger partial charge in [0.25, 0.3) is 0 Å². The van der Waals surface area contributed by atoms with E-state index < -0.39 is 0 Å². The first-order chi connectivity index (χ1) is 8.72. The number of benzene rings is 1. The van der Waals surface area contributed by atoms with Crippen molar-refractivity contribution in [1.29, 1.82) is 0 Å². The summed E-state index contributed by atoms with van der Waals surface area (Å²) in [4.78, 5) is 16.3. The molecule has 1 aliphatic rings. The van der Waals surface area contributed by atoms with E-state index in [2.05, 4.69) is 43.1 Å². The molecule has 3 nitrogen and oxygen atoms in total. The number of rotatable bonds is 3. The molecule has 0 saturated carbocycles. The Bertz CT molecular complexity index is 391. The molecule has 0 aliphatic carbocycles. The molecular formula is C15H22N2O. The molecule has 0 spiro atoms. The minimum atomic E-state index is 0.298. The minimum absolute atomic E-state index is 0.298. The van der Waals surface area contributed by atoms with Crippen molar-refractivity contribution in [3.8, 4) is 0 Å². The van der Waals surface area contributed by atoms with E-state index in [-0.39, 0.29) is 0 Å². The van der Waals surface area contributed by atoms with Crippen molar-refractivity contribution in [1.82, 2.24) is 9.80 Å². The summed E-state index contributed by atoms with van der Waals surface area (Å²) in [5, 5.41) is 0. The van der Waals surface area contributed by atoms with Crippen LogP contribution in [0.1, 0.15) is 31.4 Å². The number of amides is 1. The summed E-state index contributed by atoms with van der Waals surface area (Å²) in [6.07, 6.45) is 1.60. The molecule has 3 heteroatoms. The van der Waals surface area contributed by atoms with Crippen LogP contribution in [0.15, 0.2) is 30.3 Å². The fourth-order valence-electron chi connectivity index (χ4n) is 2.51. The van der Waals surface area contributed by atoms with E-state index >= 15 is 0 Å². The van der Waals surface area contributed by atoms with E-state index in [0.29, 0.717) is 18.4 Å². The maximum absolute atomic E-state index is 12.0. The van der Waals surface area contributed by atoms with E-state index in [4.69, 9.17) is 0 Å². The average molecular weight is 246 g/mol. The van der Waals surface area contributed by atoms with Gasteiger partial charge in [0, 0.05) is 26.1 Å². The number of hydrogen-bond donors (Lipinski definition) is 0. The molecule has 1 saturated heterocycles. The molecule has 0 bridgehead atoms. The summed E-state index contributed by atoms with van der Waals surface area (Å²) in [5.41, 5.74) is 1.30. The summed E-state index contributed by atoms with van der Waals surface area (Å²) in [5.74, 6) is 0.298. The highest BCUT2D eigenvalue weighted by Gasteiger charge is 2.27. The third kappa shape index (κ3) is 2.91. The van der Waals surface area contributed by atoms with Crippen LogP contribution >= 0.6 is 0 Å². The first kappa shape index (κ1) is 13.1. The lowest BCUT2D eigenvalue weighted by atomic mass is 10.0. The van der Waals surface area contributed by atoms with Gasteiger partial charge in [-0.15, -0.1) is 0 Å². The normalized spacial score (nSPS) is 21.0. The van der Waals surface area contributed by atoms with Crippen LogP contribution in [0, 0.1) is 0 Å². The van der Waals surface area contributed by atoms with Crippen LogP contribution in [0.4, 0.5) is 0 Å². The number of nitrogens with zero attached hydrogens (tertiary/aromatic N) is 2. The molecule has 1 heterocycles. The van der Waals surface area contributed by atoms with Gasteiger partial charge < -0.3 is 4.90 Å². The van der Waals surface area contributed by atoms with Crippen molar-refractivity contribution >= 4 is 5.91 Å². The van der Waals surface area contributed by atoms with Gasteiger partial charge >= 0.3 is 0 Å². The molecule has 18 heavy (non-hydrogen) atoms. The molecule has 0 radical (unpaired) electrons. The highest BCUT2D eigenvalue weighted by Crippen LogP contribution is 2.24. The highest BCUT2D eigenvalue weighted by molar-refractivity contribution is 5.76. The molecule has 1 aliphatic heterocycles. The maximum atomic E-state index is 12.0. The Hall–Kier alpha value is -1.35. The molecule has 1 amide bonds. The van der Waals surface area contributed by atoms with E-state index in [1.165, 1.54) is 5.56 Å². The second kappa shape index (κ2) is 6.01. The van der Waals surface area contributed by atoms with Crippen molar-refractivity contribution in [2.45, 2.75) is 25.8 Å². The van der Waals surface area contributed by atoms with E-state index in [9.17, 15) is 4.79 Å². The molecule has 0 aromatic heterocycles. The molecule has 2 rings (SSSR count). The molecule has 98 valence electrons. The fraction of sp³-hybridized carbons (Fsp3) is 0.533. The van der Waals surface area contributed by atoms with Gasteiger partial charge in [-0.05, 0) is 19.0 Å². The quantitative estimate of drug-likeness (QED) is 0.817. The molecule has 1 atom stereocenters. The van der Waals surface area contributed by atoms with Crippen LogP contribution in [-0.2, 0) is 4.79 Å². The molecule has 1 unspecified atom stereocenters. The smallest absolute Gasteiger partial charge is 0.222 e. The van der Waals surface area contributed by atoms with Crippen molar-refractivity contribution in [2.75, 3.05) is 26.7 Å². The third-order valence-corrected chi connectivity index (χ3v) is 3.65. The lowest BCUT2D eigenvalue weighted by molar-refractivity contribution is -0.134. The fourth-order valence-corrected chi connectivity index (χ4v) is 2.51. The Morgan fingerprint density at radius 1 is 1.28 bits per heavy atom. The van der Waals surface area contributed by atoms with Gasteiger partial charge in [0.15, 0.2) is 0 Å². The molecule has 1 aromatic carbocycles. The number of piperazine rings is 1. The summed E-state index contributed by atoms with van der Waals surface area (Å²) in [7, 11) is 2.14.